The number of hydrogen-bond acceptors (Lipinski definition) is 7. The summed E-state index contributed by atoms with van der Waals surface area (Å²) in [6, 6.07) is 6.44. The summed E-state index contributed by atoms with van der Waals surface area (Å²) in [6.07, 6.45) is 1.06. The van der Waals surface area contributed by atoms with Crippen LogP contribution in [-0.4, -0.2) is 45.8 Å². The molecule has 0 aromatic carbocycles. The van der Waals surface area contributed by atoms with Crippen molar-refractivity contribution in [2.45, 2.75) is 33.2 Å². The van der Waals surface area contributed by atoms with Gasteiger partial charge in [-0.15, -0.1) is 0 Å². The molecule has 1 fully saturated rings. The maximum absolute atomic E-state index is 5.02. The van der Waals surface area contributed by atoms with Crippen molar-refractivity contribution in [1.82, 2.24) is 25.5 Å². The number of hydrogen-bond donors (Lipinski definition) is 3. The molecule has 5 rings (SSSR count). The highest BCUT2D eigenvalue weighted by molar-refractivity contribution is 5.88. The Kier molecular flexibility index (Phi) is 4.57. The minimum absolute atomic E-state index is 0.313. The second-order valence-corrected chi connectivity index (χ2v) is 8.26. The van der Waals surface area contributed by atoms with Crippen LogP contribution in [0.15, 0.2) is 37.2 Å². The van der Waals surface area contributed by atoms with E-state index in [0.717, 1.165) is 71.6 Å². The van der Waals surface area contributed by atoms with Crippen molar-refractivity contribution in [2.24, 2.45) is 0 Å². The quantitative estimate of drug-likeness (QED) is 0.567. The van der Waals surface area contributed by atoms with E-state index in [1.54, 1.807) is 0 Å². The highest BCUT2D eigenvalue weighted by atomic mass is 15.4. The van der Waals surface area contributed by atoms with Crippen LogP contribution < -0.4 is 20.4 Å². The Balaban J connectivity index is 1.53. The summed E-state index contributed by atoms with van der Waals surface area (Å²) in [5.41, 5.74) is 5.78. The second kappa shape index (κ2) is 7.30. The smallest absolute Gasteiger partial charge is 0.162 e. The number of anilines is 3. The lowest BCUT2D eigenvalue weighted by molar-refractivity contribution is 0.674. The molecule has 8 nitrogen and oxygen atoms in total. The van der Waals surface area contributed by atoms with Crippen molar-refractivity contribution in [1.29, 1.82) is 0 Å². The Bertz CT molecular complexity index is 1190. The van der Waals surface area contributed by atoms with Gasteiger partial charge in [-0.1, -0.05) is 13.2 Å². The highest BCUT2D eigenvalue weighted by Gasteiger charge is 2.39. The molecule has 5 heterocycles. The maximum atomic E-state index is 5.02. The molecule has 0 radical (unpaired) electrons. The lowest BCUT2D eigenvalue weighted by atomic mass is 10.1. The van der Waals surface area contributed by atoms with E-state index in [9.17, 15) is 0 Å². The van der Waals surface area contributed by atoms with E-state index >= 15 is 0 Å². The SMILES string of the molecule is C=C(NCC)c1cc(C)c2c(n1)N(C(=C)Nc1n[nH]c3nc(C)ccc13)C1CCN2C1. The van der Waals surface area contributed by atoms with Gasteiger partial charge in [0.05, 0.1) is 28.5 Å². The summed E-state index contributed by atoms with van der Waals surface area (Å²) in [6.45, 7) is 17.5. The summed E-state index contributed by atoms with van der Waals surface area (Å²) < 4.78 is 0. The molecular formula is C23H28N8. The average molecular weight is 417 g/mol. The van der Waals surface area contributed by atoms with Gasteiger partial charge < -0.3 is 20.4 Å². The number of aryl methyl sites for hydroxylation is 2. The predicted molar refractivity (Wildman–Crippen MR) is 126 cm³/mol. The Hall–Kier alpha value is -3.55. The Morgan fingerprint density at radius 1 is 1.26 bits per heavy atom. The molecule has 160 valence electrons. The van der Waals surface area contributed by atoms with Crippen molar-refractivity contribution in [3.63, 3.8) is 0 Å². The van der Waals surface area contributed by atoms with E-state index in [2.05, 4.69) is 68.7 Å². The first-order chi connectivity index (χ1) is 15.0. The molecular weight excluding hydrogens is 388 g/mol. The van der Waals surface area contributed by atoms with Gasteiger partial charge in [0.1, 0.15) is 5.82 Å². The lowest BCUT2D eigenvalue weighted by Gasteiger charge is -2.39. The summed E-state index contributed by atoms with van der Waals surface area (Å²) in [7, 11) is 0. The standard InChI is InChI=1S/C23H28N8/c1-6-24-15(4)19-11-13(2)20-23(27-19)31(17-9-10-30(20)12-17)16(5)26-22-18-8-7-14(3)25-21(18)28-29-22/h7-8,11,17,24H,4-6,9-10,12H2,1-3H3,(H2,25,26,28,29). The van der Waals surface area contributed by atoms with Gasteiger partial charge in [-0.05, 0) is 51.0 Å². The van der Waals surface area contributed by atoms with Crippen LogP contribution in [0.5, 0.6) is 0 Å². The maximum Gasteiger partial charge on any atom is 0.162 e. The van der Waals surface area contributed by atoms with Gasteiger partial charge in [-0.3, -0.25) is 5.10 Å². The summed E-state index contributed by atoms with van der Waals surface area (Å²) in [4.78, 5) is 14.2. The van der Waals surface area contributed by atoms with Gasteiger partial charge in [0.25, 0.3) is 0 Å². The molecule has 0 aliphatic carbocycles. The Morgan fingerprint density at radius 2 is 2.10 bits per heavy atom. The normalized spacial score (nSPS) is 17.1. The minimum Gasteiger partial charge on any atom is -0.384 e. The molecule has 31 heavy (non-hydrogen) atoms. The van der Waals surface area contributed by atoms with E-state index in [-0.39, 0.29) is 0 Å². The van der Waals surface area contributed by atoms with Crippen LogP contribution in [0.25, 0.3) is 16.7 Å². The van der Waals surface area contributed by atoms with Crippen molar-refractivity contribution in [3.05, 3.63) is 54.1 Å². The summed E-state index contributed by atoms with van der Waals surface area (Å²) in [5, 5.41) is 15.1. The fourth-order valence-electron chi connectivity index (χ4n) is 4.64. The van der Waals surface area contributed by atoms with Gasteiger partial charge in [-0.25, -0.2) is 9.97 Å². The third-order valence-electron chi connectivity index (χ3n) is 6.05. The van der Waals surface area contributed by atoms with E-state index < -0.39 is 0 Å². The number of pyridine rings is 2. The van der Waals surface area contributed by atoms with Crippen molar-refractivity contribution >= 4 is 34.1 Å². The monoisotopic (exact) mass is 416 g/mol. The Morgan fingerprint density at radius 3 is 2.90 bits per heavy atom. The van der Waals surface area contributed by atoms with E-state index in [4.69, 9.17) is 4.98 Å². The van der Waals surface area contributed by atoms with Gasteiger partial charge in [0.2, 0.25) is 0 Å². The molecule has 2 bridgehead atoms. The number of nitrogens with one attached hydrogen (secondary N) is 3. The number of nitrogens with zero attached hydrogens (tertiary/aromatic N) is 5. The first-order valence-corrected chi connectivity index (χ1v) is 10.7. The molecule has 3 aromatic heterocycles. The number of aromatic amines is 1. The topological polar surface area (TPSA) is 85.0 Å². The van der Waals surface area contributed by atoms with Gasteiger partial charge >= 0.3 is 0 Å². The second-order valence-electron chi connectivity index (χ2n) is 8.26. The van der Waals surface area contributed by atoms with Crippen molar-refractivity contribution < 1.29 is 0 Å². The van der Waals surface area contributed by atoms with Gasteiger partial charge in [0, 0.05) is 25.3 Å². The molecule has 0 spiro atoms. The van der Waals surface area contributed by atoms with Gasteiger partial charge in [0.15, 0.2) is 17.3 Å². The largest absolute Gasteiger partial charge is 0.384 e. The number of rotatable bonds is 6. The van der Waals surface area contributed by atoms with Crippen molar-refractivity contribution in [3.8, 4) is 0 Å². The fourth-order valence-corrected chi connectivity index (χ4v) is 4.64. The molecule has 2 aliphatic rings. The molecule has 3 aromatic rings. The molecule has 0 amide bonds. The molecule has 0 saturated carbocycles. The third kappa shape index (κ3) is 3.19. The van der Waals surface area contributed by atoms with Crippen LogP contribution in [0.3, 0.4) is 0 Å². The molecule has 3 N–H and O–H groups in total. The molecule has 1 atom stereocenters. The van der Waals surface area contributed by atoms with Crippen LogP contribution in [0.1, 0.15) is 30.3 Å². The van der Waals surface area contributed by atoms with E-state index in [1.807, 2.05) is 19.1 Å². The molecule has 2 aliphatic heterocycles. The van der Waals surface area contributed by atoms with Crippen molar-refractivity contribution in [2.75, 3.05) is 34.8 Å². The number of aromatic nitrogens is 4. The van der Waals surface area contributed by atoms with Crippen LogP contribution in [-0.2, 0) is 0 Å². The third-order valence-corrected chi connectivity index (χ3v) is 6.05. The zero-order valence-corrected chi connectivity index (χ0v) is 18.3. The van der Waals surface area contributed by atoms with Crippen LogP contribution in [0, 0.1) is 13.8 Å². The first-order valence-electron chi connectivity index (χ1n) is 10.7. The zero-order valence-electron chi connectivity index (χ0n) is 18.3. The van der Waals surface area contributed by atoms with Gasteiger partial charge in [-0.2, -0.15) is 5.10 Å². The zero-order chi connectivity index (χ0) is 21.7. The molecule has 8 heteroatoms. The summed E-state index contributed by atoms with van der Waals surface area (Å²) in [5.74, 6) is 2.41. The molecule has 1 unspecified atom stereocenters. The highest BCUT2D eigenvalue weighted by Crippen LogP contribution is 2.43. The minimum atomic E-state index is 0.313. The average Bonchev–Trinajstić information content (AvgIpc) is 3.32. The first kappa shape index (κ1) is 19.4. The van der Waals surface area contributed by atoms with Crippen LogP contribution >= 0.6 is 0 Å². The van der Waals surface area contributed by atoms with E-state index in [0.29, 0.717) is 6.04 Å². The number of fused-ring (bicyclic) bond motifs is 5. The predicted octanol–water partition coefficient (Wildman–Crippen LogP) is 3.53. The fraction of sp³-hybridized carbons (Fsp3) is 0.348. The Labute approximate surface area is 182 Å². The van der Waals surface area contributed by atoms with Crippen LogP contribution in [0.4, 0.5) is 17.3 Å². The number of H-pyrrole nitrogens is 1. The van der Waals surface area contributed by atoms with E-state index in [1.165, 1.54) is 11.3 Å². The lowest BCUT2D eigenvalue weighted by Crippen LogP contribution is -2.44. The van der Waals surface area contributed by atoms with Crippen LogP contribution in [0.2, 0.25) is 0 Å². The molecule has 1 saturated heterocycles. The summed E-state index contributed by atoms with van der Waals surface area (Å²) >= 11 is 0.